The summed E-state index contributed by atoms with van der Waals surface area (Å²) < 4.78 is 26.7. The molecule has 0 aliphatic heterocycles. The van der Waals surface area contributed by atoms with Gasteiger partial charge in [0.2, 0.25) is 0 Å². The number of pyridine rings is 1. The third-order valence-electron chi connectivity index (χ3n) is 2.24. The van der Waals surface area contributed by atoms with Crippen molar-refractivity contribution in [3.63, 3.8) is 0 Å². The first-order valence-corrected chi connectivity index (χ1v) is 6.17. The molecule has 0 radical (unpaired) electrons. The smallest absolute Gasteiger partial charge is 0.168 e. The van der Waals surface area contributed by atoms with Crippen LogP contribution in [0, 0.1) is 18.6 Å². The lowest BCUT2D eigenvalue weighted by Crippen LogP contribution is -2.07. The zero-order chi connectivity index (χ0) is 13.1. The quantitative estimate of drug-likeness (QED) is 0.897. The summed E-state index contributed by atoms with van der Waals surface area (Å²) >= 11 is 1.47. The number of nitrogens with zero attached hydrogens (tertiary/aromatic N) is 2. The molecule has 7 heteroatoms. The van der Waals surface area contributed by atoms with Crippen LogP contribution in [0.4, 0.5) is 20.4 Å². The van der Waals surface area contributed by atoms with Crippen LogP contribution < -0.4 is 10.6 Å². The van der Waals surface area contributed by atoms with E-state index in [0.717, 1.165) is 16.8 Å². The zero-order valence-electron chi connectivity index (χ0n) is 9.92. The summed E-state index contributed by atoms with van der Waals surface area (Å²) in [5, 5.41) is 8.09. The van der Waals surface area contributed by atoms with E-state index in [-0.39, 0.29) is 11.6 Å². The van der Waals surface area contributed by atoms with Crippen LogP contribution in [0.15, 0.2) is 11.4 Å². The van der Waals surface area contributed by atoms with Gasteiger partial charge in [-0.1, -0.05) is 0 Å². The van der Waals surface area contributed by atoms with Crippen molar-refractivity contribution in [3.8, 4) is 0 Å². The number of rotatable bonds is 4. The molecule has 0 atom stereocenters. The van der Waals surface area contributed by atoms with E-state index in [2.05, 4.69) is 20.6 Å². The van der Waals surface area contributed by atoms with Gasteiger partial charge in [-0.05, 0) is 6.92 Å². The Morgan fingerprint density at radius 3 is 2.56 bits per heavy atom. The van der Waals surface area contributed by atoms with Crippen LogP contribution in [-0.2, 0) is 6.54 Å². The molecule has 96 valence electrons. The number of nitrogens with one attached hydrogen (secondary N) is 2. The topological polar surface area (TPSA) is 49.8 Å². The summed E-state index contributed by atoms with van der Waals surface area (Å²) in [4.78, 5) is 8.05. The highest BCUT2D eigenvalue weighted by Gasteiger charge is 2.11. The van der Waals surface area contributed by atoms with E-state index in [1.165, 1.54) is 18.4 Å². The van der Waals surface area contributed by atoms with Gasteiger partial charge in [0.05, 0.1) is 6.54 Å². The summed E-state index contributed by atoms with van der Waals surface area (Å²) in [6.07, 6.45) is 0. The molecule has 0 aliphatic carbocycles. The maximum absolute atomic E-state index is 13.5. The second kappa shape index (κ2) is 5.26. The Kier molecular flexibility index (Phi) is 3.71. The number of halogens is 2. The van der Waals surface area contributed by atoms with Gasteiger partial charge in [0, 0.05) is 24.2 Å². The third-order valence-corrected chi connectivity index (χ3v) is 3.21. The van der Waals surface area contributed by atoms with Crippen LogP contribution in [0.2, 0.25) is 0 Å². The lowest BCUT2D eigenvalue weighted by atomic mass is 10.4. The number of hydrogen-bond donors (Lipinski definition) is 2. The van der Waals surface area contributed by atoms with E-state index in [1.54, 1.807) is 0 Å². The number of aryl methyl sites for hydroxylation is 1. The van der Waals surface area contributed by atoms with Crippen LogP contribution in [0.1, 0.15) is 10.7 Å². The summed E-state index contributed by atoms with van der Waals surface area (Å²) in [5.74, 6) is -1.42. The molecule has 18 heavy (non-hydrogen) atoms. The highest BCUT2D eigenvalue weighted by Crippen LogP contribution is 2.19. The van der Waals surface area contributed by atoms with Gasteiger partial charge in [0.15, 0.2) is 23.3 Å². The van der Waals surface area contributed by atoms with Gasteiger partial charge in [0.1, 0.15) is 5.01 Å². The molecule has 0 spiro atoms. The predicted molar refractivity (Wildman–Crippen MR) is 67.9 cm³/mol. The van der Waals surface area contributed by atoms with E-state index < -0.39 is 11.6 Å². The Morgan fingerprint density at radius 1 is 1.22 bits per heavy atom. The Labute approximate surface area is 107 Å². The largest absolute Gasteiger partial charge is 0.371 e. The monoisotopic (exact) mass is 270 g/mol. The fraction of sp³-hybridized carbons (Fsp3) is 0.273. The van der Waals surface area contributed by atoms with Gasteiger partial charge >= 0.3 is 0 Å². The Morgan fingerprint density at radius 2 is 1.94 bits per heavy atom. The number of hydrogen-bond acceptors (Lipinski definition) is 5. The van der Waals surface area contributed by atoms with Crippen molar-refractivity contribution in [1.29, 1.82) is 0 Å². The van der Waals surface area contributed by atoms with Gasteiger partial charge < -0.3 is 10.6 Å². The summed E-state index contributed by atoms with van der Waals surface area (Å²) in [7, 11) is 1.53. The third kappa shape index (κ3) is 2.73. The summed E-state index contributed by atoms with van der Waals surface area (Å²) in [6, 6.07) is 0.800. The molecule has 2 heterocycles. The van der Waals surface area contributed by atoms with Gasteiger partial charge in [-0.3, -0.25) is 0 Å². The van der Waals surface area contributed by atoms with Gasteiger partial charge in [-0.2, -0.15) is 0 Å². The fourth-order valence-electron chi connectivity index (χ4n) is 1.41. The molecule has 2 N–H and O–H groups in total. The number of anilines is 2. The highest BCUT2D eigenvalue weighted by atomic mass is 32.1. The lowest BCUT2D eigenvalue weighted by Gasteiger charge is -2.08. The Hall–Kier alpha value is -1.76. The highest BCUT2D eigenvalue weighted by molar-refractivity contribution is 7.09. The molecule has 0 unspecified atom stereocenters. The molecule has 2 aromatic heterocycles. The van der Waals surface area contributed by atoms with Crippen molar-refractivity contribution in [3.05, 3.63) is 33.8 Å². The molecule has 0 amide bonds. The average Bonchev–Trinajstić information content (AvgIpc) is 2.74. The zero-order valence-corrected chi connectivity index (χ0v) is 10.7. The van der Waals surface area contributed by atoms with Crippen LogP contribution in [0.5, 0.6) is 0 Å². The molecule has 0 aromatic carbocycles. The van der Waals surface area contributed by atoms with Gasteiger partial charge in [-0.15, -0.1) is 11.3 Å². The molecule has 0 bridgehead atoms. The molecule has 0 saturated heterocycles. The molecule has 2 rings (SSSR count). The molecule has 0 saturated carbocycles. The fourth-order valence-corrected chi connectivity index (χ4v) is 2.12. The minimum atomic E-state index is -0.722. The minimum absolute atomic E-state index is 0.00797. The van der Waals surface area contributed by atoms with Crippen molar-refractivity contribution in [1.82, 2.24) is 9.97 Å². The first-order chi connectivity index (χ1) is 8.60. The van der Waals surface area contributed by atoms with Crippen molar-refractivity contribution < 1.29 is 8.78 Å². The molecule has 2 aromatic rings. The van der Waals surface area contributed by atoms with E-state index in [1.807, 2.05) is 12.3 Å². The second-order valence-electron chi connectivity index (χ2n) is 3.64. The van der Waals surface area contributed by atoms with Crippen LogP contribution in [0.25, 0.3) is 0 Å². The second-order valence-corrected chi connectivity index (χ2v) is 4.58. The molecular weight excluding hydrogens is 258 g/mol. The minimum Gasteiger partial charge on any atom is -0.371 e. The first kappa shape index (κ1) is 12.7. The van der Waals surface area contributed by atoms with Gasteiger partial charge in [0.25, 0.3) is 0 Å². The molecular formula is C11H12F2N4S. The van der Waals surface area contributed by atoms with Crippen molar-refractivity contribution in [2.24, 2.45) is 0 Å². The normalized spacial score (nSPS) is 10.4. The van der Waals surface area contributed by atoms with Crippen LogP contribution in [0.3, 0.4) is 0 Å². The maximum atomic E-state index is 13.5. The van der Waals surface area contributed by atoms with Crippen molar-refractivity contribution >= 4 is 23.0 Å². The predicted octanol–water partition coefficient (Wildman–Crippen LogP) is 2.78. The SMILES string of the molecule is CNc1nc(NCc2nc(C)cs2)c(F)cc1F. The van der Waals surface area contributed by atoms with Crippen molar-refractivity contribution in [2.75, 3.05) is 17.7 Å². The molecule has 0 fully saturated rings. The molecule has 0 aliphatic rings. The maximum Gasteiger partial charge on any atom is 0.168 e. The Bertz CT molecular complexity index is 556. The van der Waals surface area contributed by atoms with E-state index >= 15 is 0 Å². The van der Waals surface area contributed by atoms with E-state index in [9.17, 15) is 8.78 Å². The van der Waals surface area contributed by atoms with E-state index in [0.29, 0.717) is 6.54 Å². The summed E-state index contributed by atoms with van der Waals surface area (Å²) in [6.45, 7) is 2.24. The number of aromatic nitrogens is 2. The lowest BCUT2D eigenvalue weighted by molar-refractivity contribution is 0.578. The Balaban J connectivity index is 2.13. The van der Waals surface area contributed by atoms with Crippen LogP contribution >= 0.6 is 11.3 Å². The number of thiazole rings is 1. The van der Waals surface area contributed by atoms with Crippen molar-refractivity contribution in [2.45, 2.75) is 13.5 Å². The standard InChI is InChI=1S/C11H12F2N4S/c1-6-5-18-9(16-6)4-15-11-8(13)3-7(12)10(14-2)17-11/h3,5H,4H2,1-2H3,(H2,14,15,17). The van der Waals surface area contributed by atoms with Gasteiger partial charge in [-0.25, -0.2) is 18.7 Å². The average molecular weight is 270 g/mol. The molecule has 4 nitrogen and oxygen atoms in total. The van der Waals surface area contributed by atoms with Crippen LogP contribution in [-0.4, -0.2) is 17.0 Å². The summed E-state index contributed by atoms with van der Waals surface area (Å²) in [5.41, 5.74) is 0.917. The first-order valence-electron chi connectivity index (χ1n) is 5.29. The van der Waals surface area contributed by atoms with E-state index in [4.69, 9.17) is 0 Å².